The minimum atomic E-state index is -3.53. The number of benzene rings is 1. The lowest BCUT2D eigenvalue weighted by molar-refractivity contribution is 0.0696. The predicted molar refractivity (Wildman–Crippen MR) is 84.9 cm³/mol. The molecule has 0 radical (unpaired) electrons. The molecule has 0 unspecified atom stereocenters. The standard InChI is InChI=1S/C13H12BrNO4S2/c14-11-4-5-20-12(11)7-15-21(18,19)8-9-2-1-3-10(6-9)13(16)17/h1-6,15H,7-8H2,(H,16,17). The molecule has 0 aliphatic rings. The van der Waals surface area contributed by atoms with Crippen LogP contribution in [0.15, 0.2) is 40.2 Å². The van der Waals surface area contributed by atoms with E-state index < -0.39 is 16.0 Å². The number of thiophene rings is 1. The van der Waals surface area contributed by atoms with Gasteiger partial charge in [0.2, 0.25) is 10.0 Å². The second kappa shape index (κ2) is 6.69. The summed E-state index contributed by atoms with van der Waals surface area (Å²) in [6.45, 7) is 0.208. The van der Waals surface area contributed by atoms with Crippen molar-refractivity contribution in [1.82, 2.24) is 4.72 Å². The van der Waals surface area contributed by atoms with E-state index in [2.05, 4.69) is 20.7 Å². The van der Waals surface area contributed by atoms with Crippen LogP contribution in [0.1, 0.15) is 20.8 Å². The molecule has 0 fully saturated rings. The van der Waals surface area contributed by atoms with Crippen molar-refractivity contribution in [3.05, 3.63) is 56.2 Å². The Labute approximate surface area is 134 Å². The molecule has 0 saturated heterocycles. The molecule has 2 rings (SSSR count). The predicted octanol–water partition coefficient (Wildman–Crippen LogP) is 2.83. The third-order valence-corrected chi connectivity index (χ3v) is 5.90. The minimum absolute atomic E-state index is 0.0729. The first kappa shape index (κ1) is 16.2. The number of carboxylic acid groups (broad SMARTS) is 1. The Morgan fingerprint density at radius 1 is 1.33 bits per heavy atom. The van der Waals surface area contributed by atoms with Crippen molar-refractivity contribution >= 4 is 43.3 Å². The molecule has 112 valence electrons. The highest BCUT2D eigenvalue weighted by Crippen LogP contribution is 2.22. The van der Waals surface area contributed by atoms with Gasteiger partial charge in [-0.3, -0.25) is 0 Å². The average Bonchev–Trinajstić information content (AvgIpc) is 2.82. The summed E-state index contributed by atoms with van der Waals surface area (Å²) in [5.74, 6) is -1.33. The van der Waals surface area contributed by atoms with Gasteiger partial charge >= 0.3 is 5.97 Å². The molecule has 8 heteroatoms. The van der Waals surface area contributed by atoms with Crippen molar-refractivity contribution in [3.8, 4) is 0 Å². The Bertz CT molecular complexity index is 755. The summed E-state index contributed by atoms with van der Waals surface area (Å²) < 4.78 is 27.4. The molecular weight excluding hydrogens is 378 g/mol. The van der Waals surface area contributed by atoms with Gasteiger partial charge in [0.05, 0.1) is 11.3 Å². The van der Waals surface area contributed by atoms with Crippen LogP contribution in [0, 0.1) is 0 Å². The molecule has 5 nitrogen and oxygen atoms in total. The third-order valence-electron chi connectivity index (χ3n) is 2.67. The van der Waals surface area contributed by atoms with Crippen molar-refractivity contribution in [2.24, 2.45) is 0 Å². The molecular formula is C13H12BrNO4S2. The van der Waals surface area contributed by atoms with E-state index in [0.29, 0.717) is 5.56 Å². The number of rotatable bonds is 6. The van der Waals surface area contributed by atoms with E-state index in [1.165, 1.54) is 29.5 Å². The normalized spacial score (nSPS) is 11.5. The fourth-order valence-corrected chi connectivity index (χ4v) is 4.30. The Kier molecular flexibility index (Phi) is 5.15. The highest BCUT2D eigenvalue weighted by molar-refractivity contribution is 9.10. The van der Waals surface area contributed by atoms with Gasteiger partial charge in [-0.15, -0.1) is 11.3 Å². The molecule has 2 aromatic rings. The van der Waals surface area contributed by atoms with Gasteiger partial charge in [-0.05, 0) is 45.1 Å². The average molecular weight is 390 g/mol. The van der Waals surface area contributed by atoms with Crippen LogP contribution < -0.4 is 4.72 Å². The number of hydrogen-bond donors (Lipinski definition) is 2. The highest BCUT2D eigenvalue weighted by atomic mass is 79.9. The van der Waals surface area contributed by atoms with Crippen LogP contribution in [-0.4, -0.2) is 19.5 Å². The van der Waals surface area contributed by atoms with Gasteiger partial charge in [0.25, 0.3) is 0 Å². The Hall–Kier alpha value is -1.22. The molecule has 0 aliphatic carbocycles. The van der Waals surface area contributed by atoms with Crippen LogP contribution in [0.3, 0.4) is 0 Å². The number of sulfonamides is 1. The summed E-state index contributed by atoms with van der Waals surface area (Å²) >= 11 is 4.79. The Morgan fingerprint density at radius 3 is 2.71 bits per heavy atom. The van der Waals surface area contributed by atoms with Crippen LogP contribution in [0.5, 0.6) is 0 Å². The first-order chi connectivity index (χ1) is 9.87. The molecule has 0 bridgehead atoms. The van der Waals surface area contributed by atoms with Crippen molar-refractivity contribution < 1.29 is 18.3 Å². The Morgan fingerprint density at radius 2 is 2.10 bits per heavy atom. The van der Waals surface area contributed by atoms with Gasteiger partial charge in [0, 0.05) is 15.9 Å². The zero-order valence-corrected chi connectivity index (χ0v) is 14.0. The van der Waals surface area contributed by atoms with Crippen molar-refractivity contribution in [3.63, 3.8) is 0 Å². The van der Waals surface area contributed by atoms with Gasteiger partial charge in [0.1, 0.15) is 0 Å². The third kappa shape index (κ3) is 4.63. The van der Waals surface area contributed by atoms with E-state index >= 15 is 0 Å². The van der Waals surface area contributed by atoms with Gasteiger partial charge < -0.3 is 5.11 Å². The number of hydrogen-bond acceptors (Lipinski definition) is 4. The highest BCUT2D eigenvalue weighted by Gasteiger charge is 2.14. The summed E-state index contributed by atoms with van der Waals surface area (Å²) in [6, 6.07) is 7.76. The second-order valence-electron chi connectivity index (χ2n) is 4.28. The number of carboxylic acids is 1. The van der Waals surface area contributed by atoms with E-state index in [4.69, 9.17) is 5.11 Å². The lowest BCUT2D eigenvalue weighted by Gasteiger charge is -2.07. The number of carbonyl (C=O) groups is 1. The van der Waals surface area contributed by atoms with Crippen molar-refractivity contribution in [2.45, 2.75) is 12.3 Å². The van der Waals surface area contributed by atoms with E-state index in [-0.39, 0.29) is 17.9 Å². The fourth-order valence-electron chi connectivity index (χ4n) is 1.69. The molecule has 0 spiro atoms. The molecule has 0 atom stereocenters. The van der Waals surface area contributed by atoms with Crippen LogP contribution in [-0.2, 0) is 22.3 Å². The lowest BCUT2D eigenvalue weighted by Crippen LogP contribution is -2.24. The maximum atomic E-state index is 12.0. The van der Waals surface area contributed by atoms with Gasteiger partial charge in [-0.25, -0.2) is 17.9 Å². The van der Waals surface area contributed by atoms with Gasteiger partial charge in [-0.2, -0.15) is 0 Å². The summed E-state index contributed by atoms with van der Waals surface area (Å²) in [5.41, 5.74) is 0.511. The summed E-state index contributed by atoms with van der Waals surface area (Å²) in [5, 5.41) is 10.8. The number of aromatic carboxylic acids is 1. The fraction of sp³-hybridized carbons (Fsp3) is 0.154. The smallest absolute Gasteiger partial charge is 0.335 e. The van der Waals surface area contributed by atoms with Crippen LogP contribution >= 0.6 is 27.3 Å². The Balaban J connectivity index is 2.05. The van der Waals surface area contributed by atoms with Crippen LogP contribution in [0.4, 0.5) is 0 Å². The molecule has 0 saturated carbocycles. The van der Waals surface area contributed by atoms with E-state index in [1.807, 2.05) is 11.4 Å². The molecule has 0 aliphatic heterocycles. The first-order valence-corrected chi connectivity index (χ1v) is 9.21. The molecule has 0 amide bonds. The SMILES string of the molecule is O=C(O)c1cccc(CS(=O)(=O)NCc2sccc2Br)c1. The van der Waals surface area contributed by atoms with Crippen LogP contribution in [0.2, 0.25) is 0 Å². The largest absolute Gasteiger partial charge is 0.478 e. The zero-order valence-electron chi connectivity index (χ0n) is 10.7. The molecule has 21 heavy (non-hydrogen) atoms. The van der Waals surface area contributed by atoms with E-state index in [9.17, 15) is 13.2 Å². The van der Waals surface area contributed by atoms with Crippen LogP contribution in [0.25, 0.3) is 0 Å². The van der Waals surface area contributed by atoms with Gasteiger partial charge in [0.15, 0.2) is 0 Å². The number of nitrogens with one attached hydrogen (secondary N) is 1. The molecule has 2 N–H and O–H groups in total. The maximum Gasteiger partial charge on any atom is 0.335 e. The van der Waals surface area contributed by atoms with Gasteiger partial charge in [-0.1, -0.05) is 12.1 Å². The van der Waals surface area contributed by atoms with Crippen molar-refractivity contribution in [1.29, 1.82) is 0 Å². The first-order valence-electron chi connectivity index (χ1n) is 5.89. The topological polar surface area (TPSA) is 83.5 Å². The molecule has 1 heterocycles. The number of halogens is 1. The monoisotopic (exact) mass is 389 g/mol. The summed E-state index contributed by atoms with van der Waals surface area (Å²) in [7, 11) is -3.53. The van der Waals surface area contributed by atoms with Crippen molar-refractivity contribution in [2.75, 3.05) is 0 Å². The molecule has 1 aromatic heterocycles. The molecule has 1 aromatic carbocycles. The summed E-state index contributed by atoms with van der Waals surface area (Å²) in [4.78, 5) is 11.8. The quantitative estimate of drug-likeness (QED) is 0.795. The minimum Gasteiger partial charge on any atom is -0.478 e. The lowest BCUT2D eigenvalue weighted by atomic mass is 10.1. The zero-order chi connectivity index (χ0) is 15.5. The summed E-state index contributed by atoms with van der Waals surface area (Å²) in [6.07, 6.45) is 0. The second-order valence-corrected chi connectivity index (χ2v) is 7.94. The van der Waals surface area contributed by atoms with E-state index in [1.54, 1.807) is 6.07 Å². The maximum absolute atomic E-state index is 12.0. The van der Waals surface area contributed by atoms with E-state index in [0.717, 1.165) is 9.35 Å².